The van der Waals surface area contributed by atoms with Crippen LogP contribution in [-0.4, -0.2) is 36.0 Å². The van der Waals surface area contributed by atoms with Gasteiger partial charge in [-0.1, -0.05) is 38.0 Å². The topological polar surface area (TPSA) is 63.6 Å². The minimum atomic E-state index is -3.04. The molecule has 0 radical (unpaired) electrons. The summed E-state index contributed by atoms with van der Waals surface area (Å²) in [5.74, 6) is -3.33. The Bertz CT molecular complexity index is 528. The largest absolute Gasteiger partial charge is 0.469 e. The van der Waals surface area contributed by atoms with Gasteiger partial charge in [0, 0.05) is 18.8 Å². The number of aliphatic hydroxyl groups excluding tert-OH is 1. The zero-order chi connectivity index (χ0) is 20.3. The molecule has 6 heteroatoms. The highest BCUT2D eigenvalue weighted by atomic mass is 19.3. The maximum atomic E-state index is 13.6. The van der Waals surface area contributed by atoms with Crippen molar-refractivity contribution in [2.24, 2.45) is 11.8 Å². The summed E-state index contributed by atoms with van der Waals surface area (Å²) < 4.78 is 31.9. The van der Waals surface area contributed by atoms with E-state index in [0.717, 1.165) is 6.42 Å². The molecule has 0 heterocycles. The predicted octanol–water partition coefficient (Wildman–Crippen LogP) is 4.61. The van der Waals surface area contributed by atoms with Crippen molar-refractivity contribution in [1.29, 1.82) is 0 Å². The number of ketones is 1. The molecule has 0 bridgehead atoms. The van der Waals surface area contributed by atoms with E-state index in [-0.39, 0.29) is 36.4 Å². The molecular weight excluding hydrogens is 354 g/mol. The number of carbonyl (C=O) groups excluding carboxylic acids is 2. The number of allylic oxidation sites excluding steroid dienone is 4. The minimum Gasteiger partial charge on any atom is -0.469 e. The van der Waals surface area contributed by atoms with Crippen molar-refractivity contribution in [3.63, 3.8) is 0 Å². The lowest BCUT2D eigenvalue weighted by Crippen LogP contribution is -2.33. The number of ether oxygens (including phenoxy) is 1. The Hall–Kier alpha value is -1.56. The van der Waals surface area contributed by atoms with Gasteiger partial charge in [0.15, 0.2) is 5.78 Å². The molecule has 3 atom stereocenters. The molecule has 0 saturated carbocycles. The van der Waals surface area contributed by atoms with Crippen LogP contribution in [-0.2, 0) is 14.3 Å². The van der Waals surface area contributed by atoms with Crippen LogP contribution in [0.4, 0.5) is 8.78 Å². The Morgan fingerprint density at radius 1 is 1.37 bits per heavy atom. The molecule has 0 unspecified atom stereocenters. The molecule has 1 aliphatic carbocycles. The number of hydrogen-bond acceptors (Lipinski definition) is 4. The Morgan fingerprint density at radius 2 is 2.11 bits per heavy atom. The number of carbonyl (C=O) groups is 2. The average Bonchev–Trinajstić information content (AvgIpc) is 2.97. The van der Waals surface area contributed by atoms with Crippen molar-refractivity contribution >= 4 is 11.8 Å². The fourth-order valence-electron chi connectivity index (χ4n) is 3.36. The Kier molecular flexibility index (Phi) is 10.4. The summed E-state index contributed by atoms with van der Waals surface area (Å²) >= 11 is 0. The van der Waals surface area contributed by atoms with Gasteiger partial charge in [0.1, 0.15) is 6.10 Å². The zero-order valence-electron chi connectivity index (χ0n) is 16.3. The van der Waals surface area contributed by atoms with Crippen LogP contribution < -0.4 is 0 Å². The predicted molar refractivity (Wildman–Crippen MR) is 100 cm³/mol. The number of esters is 1. The third kappa shape index (κ3) is 8.33. The maximum absolute atomic E-state index is 13.6. The van der Waals surface area contributed by atoms with E-state index >= 15 is 0 Å². The standard InChI is InChI=1S/C21H32F2O4/c1-3-15-21(22,23)19(25)11-8-9-16-13-14-18(24)17(16)10-6-4-5-7-12-20(26)27-2/h4,6,13-14,16-17,19,25H,3,5,7-12,15H2,1-2H3/t16-,17-,19-/m1/s1. The van der Waals surface area contributed by atoms with Gasteiger partial charge in [-0.2, -0.15) is 0 Å². The first-order valence-electron chi connectivity index (χ1n) is 9.81. The monoisotopic (exact) mass is 386 g/mol. The lowest BCUT2D eigenvalue weighted by molar-refractivity contribution is -0.140. The van der Waals surface area contributed by atoms with E-state index in [1.54, 1.807) is 13.0 Å². The number of alkyl halides is 2. The van der Waals surface area contributed by atoms with E-state index in [4.69, 9.17) is 0 Å². The molecule has 0 saturated heterocycles. The van der Waals surface area contributed by atoms with Crippen molar-refractivity contribution in [2.45, 2.75) is 76.7 Å². The van der Waals surface area contributed by atoms with Crippen LogP contribution in [0.25, 0.3) is 0 Å². The molecule has 0 amide bonds. The van der Waals surface area contributed by atoms with Crippen LogP contribution in [0.15, 0.2) is 24.3 Å². The summed E-state index contributed by atoms with van der Waals surface area (Å²) in [4.78, 5) is 23.0. The lowest BCUT2D eigenvalue weighted by Gasteiger charge is -2.23. The quantitative estimate of drug-likeness (QED) is 0.285. The number of unbranched alkanes of at least 4 members (excludes halogenated alkanes) is 1. The summed E-state index contributed by atoms with van der Waals surface area (Å²) in [5, 5.41) is 9.70. The van der Waals surface area contributed by atoms with Gasteiger partial charge in [-0.05, 0) is 44.1 Å². The van der Waals surface area contributed by atoms with Gasteiger partial charge in [-0.25, -0.2) is 8.78 Å². The Labute approximate surface area is 160 Å². The van der Waals surface area contributed by atoms with E-state index < -0.39 is 12.0 Å². The minimum absolute atomic E-state index is 0.0317. The molecule has 0 spiro atoms. The smallest absolute Gasteiger partial charge is 0.305 e. The van der Waals surface area contributed by atoms with Gasteiger partial charge in [0.2, 0.25) is 0 Å². The van der Waals surface area contributed by atoms with Crippen molar-refractivity contribution in [2.75, 3.05) is 7.11 Å². The molecule has 27 heavy (non-hydrogen) atoms. The summed E-state index contributed by atoms with van der Waals surface area (Å²) in [7, 11) is 1.36. The first-order valence-corrected chi connectivity index (χ1v) is 9.81. The summed E-state index contributed by atoms with van der Waals surface area (Å²) in [5.41, 5.74) is 0. The third-order valence-electron chi connectivity index (χ3n) is 5.01. The molecule has 4 nitrogen and oxygen atoms in total. The van der Waals surface area contributed by atoms with Crippen molar-refractivity contribution in [3.05, 3.63) is 24.3 Å². The molecule has 154 valence electrons. The lowest BCUT2D eigenvalue weighted by atomic mass is 9.86. The first-order chi connectivity index (χ1) is 12.8. The number of halogens is 2. The maximum Gasteiger partial charge on any atom is 0.305 e. The molecule has 0 aromatic carbocycles. The van der Waals surface area contributed by atoms with Gasteiger partial charge in [0.25, 0.3) is 5.92 Å². The van der Waals surface area contributed by atoms with Crippen LogP contribution in [0, 0.1) is 11.8 Å². The molecule has 0 aromatic heterocycles. The number of aliphatic hydroxyl groups is 1. The van der Waals surface area contributed by atoms with Crippen LogP contribution in [0.5, 0.6) is 0 Å². The molecule has 0 aliphatic heterocycles. The van der Waals surface area contributed by atoms with Gasteiger partial charge >= 0.3 is 5.97 Å². The molecular formula is C21H32F2O4. The second-order valence-electron chi connectivity index (χ2n) is 7.17. The van der Waals surface area contributed by atoms with Crippen LogP contribution in [0.1, 0.15) is 64.7 Å². The average molecular weight is 386 g/mol. The normalized spacial score (nSPS) is 21.1. The fraction of sp³-hybridized carbons (Fsp3) is 0.714. The van der Waals surface area contributed by atoms with Crippen LogP contribution >= 0.6 is 0 Å². The van der Waals surface area contributed by atoms with Crippen LogP contribution in [0.3, 0.4) is 0 Å². The van der Waals surface area contributed by atoms with E-state index in [2.05, 4.69) is 4.74 Å². The molecule has 1 rings (SSSR count). The Balaban J connectivity index is 2.35. The number of methoxy groups -OCH3 is 1. The van der Waals surface area contributed by atoms with E-state index in [0.29, 0.717) is 38.5 Å². The highest BCUT2D eigenvalue weighted by Gasteiger charge is 2.37. The molecule has 1 N–H and O–H groups in total. The summed E-state index contributed by atoms with van der Waals surface area (Å²) in [6, 6.07) is 0. The van der Waals surface area contributed by atoms with Gasteiger partial charge < -0.3 is 9.84 Å². The van der Waals surface area contributed by atoms with E-state index in [1.165, 1.54) is 7.11 Å². The van der Waals surface area contributed by atoms with Gasteiger partial charge in [0.05, 0.1) is 7.11 Å². The third-order valence-corrected chi connectivity index (χ3v) is 5.01. The number of rotatable bonds is 13. The highest BCUT2D eigenvalue weighted by molar-refractivity contribution is 5.94. The van der Waals surface area contributed by atoms with E-state index in [1.807, 2.05) is 18.2 Å². The SMILES string of the molecule is CCCC(F)(F)[C@H](O)CCC[C@@H]1C=CC(=O)[C@@H]1CC=CCCCC(=O)OC. The van der Waals surface area contributed by atoms with Crippen LogP contribution in [0.2, 0.25) is 0 Å². The summed E-state index contributed by atoms with van der Waals surface area (Å²) in [6.07, 6.45) is 9.28. The van der Waals surface area contributed by atoms with Crippen molar-refractivity contribution in [3.8, 4) is 0 Å². The van der Waals surface area contributed by atoms with Gasteiger partial charge in [-0.3, -0.25) is 9.59 Å². The highest BCUT2D eigenvalue weighted by Crippen LogP contribution is 2.32. The summed E-state index contributed by atoms with van der Waals surface area (Å²) in [6.45, 7) is 1.67. The number of hydrogen-bond donors (Lipinski definition) is 1. The van der Waals surface area contributed by atoms with Crippen molar-refractivity contribution < 1.29 is 28.2 Å². The Morgan fingerprint density at radius 3 is 2.78 bits per heavy atom. The fourth-order valence-corrected chi connectivity index (χ4v) is 3.36. The van der Waals surface area contributed by atoms with Crippen molar-refractivity contribution in [1.82, 2.24) is 0 Å². The second-order valence-corrected chi connectivity index (χ2v) is 7.17. The molecule has 0 aromatic rings. The second kappa shape index (κ2) is 12.0. The van der Waals surface area contributed by atoms with Gasteiger partial charge in [-0.15, -0.1) is 0 Å². The first kappa shape index (κ1) is 23.5. The van der Waals surface area contributed by atoms with E-state index in [9.17, 15) is 23.5 Å². The zero-order valence-corrected chi connectivity index (χ0v) is 16.3. The molecule has 1 aliphatic rings. The molecule has 0 fully saturated rings.